The summed E-state index contributed by atoms with van der Waals surface area (Å²) in [5.41, 5.74) is 2.10. The maximum atomic E-state index is 11.1. The number of aldehydes is 1. The van der Waals surface area contributed by atoms with E-state index in [2.05, 4.69) is 0 Å². The Labute approximate surface area is 89.1 Å². The Kier molecular flexibility index (Phi) is 2.36. The van der Waals surface area contributed by atoms with Gasteiger partial charge in [-0.1, -0.05) is 17.7 Å². The molecule has 1 aliphatic rings. The molecule has 1 aromatic carbocycles. The van der Waals surface area contributed by atoms with Gasteiger partial charge in [-0.05, 0) is 49.4 Å². The van der Waals surface area contributed by atoms with Crippen molar-refractivity contribution in [3.8, 4) is 0 Å². The van der Waals surface area contributed by atoms with Gasteiger partial charge >= 0.3 is 0 Å². The Bertz CT molecular complexity index is 373. The van der Waals surface area contributed by atoms with Gasteiger partial charge in [0.2, 0.25) is 0 Å². The number of aryl methyl sites for hydroxylation is 1. The van der Waals surface area contributed by atoms with Crippen LogP contribution in [0.1, 0.15) is 30.9 Å². The predicted molar refractivity (Wildman–Crippen MR) is 57.8 cm³/mol. The Morgan fingerprint density at radius 1 is 1.50 bits per heavy atom. The predicted octanol–water partition coefficient (Wildman–Crippen LogP) is 3.13. The smallest absolute Gasteiger partial charge is 0.130 e. The van der Waals surface area contributed by atoms with E-state index in [1.165, 1.54) is 5.56 Å². The van der Waals surface area contributed by atoms with E-state index < -0.39 is 0 Å². The van der Waals surface area contributed by atoms with Crippen LogP contribution in [0.4, 0.5) is 0 Å². The summed E-state index contributed by atoms with van der Waals surface area (Å²) in [7, 11) is 0. The Morgan fingerprint density at radius 2 is 2.29 bits per heavy atom. The SMILES string of the molecule is C[C@@]1(C=O)CCCc2cc(Cl)ccc21. The molecule has 0 saturated heterocycles. The van der Waals surface area contributed by atoms with Gasteiger partial charge in [0.25, 0.3) is 0 Å². The number of rotatable bonds is 1. The van der Waals surface area contributed by atoms with E-state index in [0.717, 1.165) is 36.1 Å². The van der Waals surface area contributed by atoms with E-state index >= 15 is 0 Å². The number of fused-ring (bicyclic) bond motifs is 1. The largest absolute Gasteiger partial charge is 0.302 e. The summed E-state index contributed by atoms with van der Waals surface area (Å²) in [6, 6.07) is 5.84. The second-order valence-corrected chi connectivity index (χ2v) is 4.63. The average molecular weight is 209 g/mol. The highest BCUT2D eigenvalue weighted by Gasteiger charge is 2.31. The lowest BCUT2D eigenvalue weighted by atomic mass is 9.72. The van der Waals surface area contributed by atoms with Crippen LogP contribution in [0, 0.1) is 0 Å². The van der Waals surface area contributed by atoms with E-state index in [1.54, 1.807) is 0 Å². The molecule has 2 rings (SSSR count). The van der Waals surface area contributed by atoms with Crippen LogP contribution in [-0.2, 0) is 16.6 Å². The van der Waals surface area contributed by atoms with E-state index in [1.807, 2.05) is 25.1 Å². The van der Waals surface area contributed by atoms with Crippen molar-refractivity contribution in [1.29, 1.82) is 0 Å². The van der Waals surface area contributed by atoms with Crippen LogP contribution in [-0.4, -0.2) is 6.29 Å². The lowest BCUT2D eigenvalue weighted by Gasteiger charge is -2.31. The maximum absolute atomic E-state index is 11.1. The molecule has 1 aliphatic carbocycles. The molecule has 2 heteroatoms. The molecule has 74 valence electrons. The van der Waals surface area contributed by atoms with Gasteiger partial charge in [-0.2, -0.15) is 0 Å². The molecule has 0 N–H and O–H groups in total. The topological polar surface area (TPSA) is 17.1 Å². The molecule has 0 spiro atoms. The molecule has 1 nitrogen and oxygen atoms in total. The van der Waals surface area contributed by atoms with Crippen LogP contribution in [0.5, 0.6) is 0 Å². The average Bonchev–Trinajstić information content (AvgIpc) is 2.18. The molecule has 0 radical (unpaired) electrons. The van der Waals surface area contributed by atoms with Crippen molar-refractivity contribution in [2.45, 2.75) is 31.6 Å². The van der Waals surface area contributed by atoms with Crippen LogP contribution < -0.4 is 0 Å². The fourth-order valence-corrected chi connectivity index (χ4v) is 2.42. The summed E-state index contributed by atoms with van der Waals surface area (Å²) in [6.45, 7) is 2.01. The minimum absolute atomic E-state index is 0.293. The van der Waals surface area contributed by atoms with Gasteiger partial charge in [0.15, 0.2) is 0 Å². The van der Waals surface area contributed by atoms with Crippen molar-refractivity contribution in [1.82, 2.24) is 0 Å². The lowest BCUT2D eigenvalue weighted by Crippen LogP contribution is -2.28. The van der Waals surface area contributed by atoms with Gasteiger partial charge in [-0.25, -0.2) is 0 Å². The minimum Gasteiger partial charge on any atom is -0.302 e. The highest BCUT2D eigenvalue weighted by atomic mass is 35.5. The van der Waals surface area contributed by atoms with Crippen molar-refractivity contribution in [2.24, 2.45) is 0 Å². The Balaban J connectivity index is 2.55. The summed E-state index contributed by atoms with van der Waals surface area (Å²) in [4.78, 5) is 11.1. The third-order valence-electron chi connectivity index (χ3n) is 3.08. The number of hydrogen-bond donors (Lipinski definition) is 0. The van der Waals surface area contributed by atoms with E-state index in [9.17, 15) is 4.79 Å². The Morgan fingerprint density at radius 3 is 3.00 bits per heavy atom. The number of halogens is 1. The molecule has 14 heavy (non-hydrogen) atoms. The zero-order chi connectivity index (χ0) is 10.2. The standard InChI is InChI=1S/C12H13ClO/c1-12(8-14)6-2-3-9-7-10(13)4-5-11(9)12/h4-5,7-8H,2-3,6H2,1H3/t12-/m0/s1. The highest BCUT2D eigenvalue weighted by molar-refractivity contribution is 6.30. The summed E-state index contributed by atoms with van der Waals surface area (Å²) < 4.78 is 0. The molecule has 0 amide bonds. The van der Waals surface area contributed by atoms with Crippen LogP contribution >= 0.6 is 11.6 Å². The fraction of sp³-hybridized carbons (Fsp3) is 0.417. The molecule has 0 fully saturated rings. The first-order valence-corrected chi connectivity index (χ1v) is 5.29. The van der Waals surface area contributed by atoms with Crippen molar-refractivity contribution in [3.05, 3.63) is 34.3 Å². The molecule has 1 aromatic rings. The van der Waals surface area contributed by atoms with Crippen LogP contribution in [0.3, 0.4) is 0 Å². The molecule has 0 bridgehead atoms. The fourth-order valence-electron chi connectivity index (χ4n) is 2.23. The van der Waals surface area contributed by atoms with Gasteiger partial charge in [-0.3, -0.25) is 0 Å². The molecule has 1 atom stereocenters. The van der Waals surface area contributed by atoms with Gasteiger partial charge in [0, 0.05) is 10.4 Å². The highest BCUT2D eigenvalue weighted by Crippen LogP contribution is 2.36. The number of carbonyl (C=O) groups is 1. The zero-order valence-electron chi connectivity index (χ0n) is 8.22. The van der Waals surface area contributed by atoms with Crippen LogP contribution in [0.2, 0.25) is 5.02 Å². The lowest BCUT2D eigenvalue weighted by molar-refractivity contribution is -0.112. The zero-order valence-corrected chi connectivity index (χ0v) is 8.97. The molecular weight excluding hydrogens is 196 g/mol. The van der Waals surface area contributed by atoms with E-state index in [4.69, 9.17) is 11.6 Å². The van der Waals surface area contributed by atoms with Gasteiger partial charge < -0.3 is 4.79 Å². The number of benzene rings is 1. The van der Waals surface area contributed by atoms with Gasteiger partial charge in [0.1, 0.15) is 6.29 Å². The maximum Gasteiger partial charge on any atom is 0.130 e. The Hall–Kier alpha value is -0.820. The summed E-state index contributed by atoms with van der Waals surface area (Å²) in [5.74, 6) is 0. The van der Waals surface area contributed by atoms with Crippen molar-refractivity contribution in [3.63, 3.8) is 0 Å². The second kappa shape index (κ2) is 3.39. The first kappa shape index (κ1) is 9.72. The molecule has 0 aromatic heterocycles. The van der Waals surface area contributed by atoms with E-state index in [-0.39, 0.29) is 5.41 Å². The van der Waals surface area contributed by atoms with Crippen molar-refractivity contribution in [2.75, 3.05) is 0 Å². The molecule has 0 heterocycles. The normalized spacial score (nSPS) is 25.6. The third kappa shape index (κ3) is 1.46. The van der Waals surface area contributed by atoms with Crippen molar-refractivity contribution < 1.29 is 4.79 Å². The molecule has 0 saturated carbocycles. The third-order valence-corrected chi connectivity index (χ3v) is 3.32. The molecule has 0 unspecified atom stereocenters. The summed E-state index contributed by atoms with van der Waals surface area (Å²) in [5, 5.41) is 0.763. The minimum atomic E-state index is -0.293. The monoisotopic (exact) mass is 208 g/mol. The van der Waals surface area contributed by atoms with Crippen molar-refractivity contribution >= 4 is 17.9 Å². The molecule has 0 aliphatic heterocycles. The van der Waals surface area contributed by atoms with Crippen LogP contribution in [0.25, 0.3) is 0 Å². The summed E-state index contributed by atoms with van der Waals surface area (Å²) in [6.07, 6.45) is 4.13. The van der Waals surface area contributed by atoms with Crippen LogP contribution in [0.15, 0.2) is 18.2 Å². The van der Waals surface area contributed by atoms with Gasteiger partial charge in [-0.15, -0.1) is 0 Å². The van der Waals surface area contributed by atoms with E-state index in [0.29, 0.717) is 0 Å². The first-order chi connectivity index (χ1) is 6.65. The number of carbonyl (C=O) groups excluding carboxylic acids is 1. The number of hydrogen-bond acceptors (Lipinski definition) is 1. The molecular formula is C12H13ClO. The first-order valence-electron chi connectivity index (χ1n) is 4.91. The summed E-state index contributed by atoms with van der Waals surface area (Å²) >= 11 is 5.92. The van der Waals surface area contributed by atoms with Gasteiger partial charge in [0.05, 0.1) is 0 Å². The second-order valence-electron chi connectivity index (χ2n) is 4.19. The quantitative estimate of drug-likeness (QED) is 0.648.